The van der Waals surface area contributed by atoms with E-state index in [2.05, 4.69) is 28.1 Å². The highest BCUT2D eigenvalue weighted by Gasteiger charge is 2.05. The van der Waals surface area contributed by atoms with Crippen molar-refractivity contribution in [2.75, 3.05) is 20.3 Å². The molecule has 0 amide bonds. The molecule has 1 aliphatic carbocycles. The van der Waals surface area contributed by atoms with Crippen LogP contribution in [0.4, 0.5) is 0 Å². The van der Waals surface area contributed by atoms with Crippen LogP contribution in [0.3, 0.4) is 0 Å². The minimum absolute atomic E-state index is 0.616. The molecule has 2 nitrogen and oxygen atoms in total. The SMILES string of the molecule is COCCOC1=CCCC=C1Br. The van der Waals surface area contributed by atoms with Crippen LogP contribution in [0.5, 0.6) is 0 Å². The zero-order valence-electron chi connectivity index (χ0n) is 7.18. The van der Waals surface area contributed by atoms with E-state index in [0.717, 1.165) is 23.1 Å². The van der Waals surface area contributed by atoms with Gasteiger partial charge in [0.25, 0.3) is 0 Å². The van der Waals surface area contributed by atoms with Crippen molar-refractivity contribution in [1.29, 1.82) is 0 Å². The smallest absolute Gasteiger partial charge is 0.129 e. The molecule has 0 aromatic rings. The van der Waals surface area contributed by atoms with Crippen LogP contribution in [0.15, 0.2) is 22.4 Å². The van der Waals surface area contributed by atoms with E-state index < -0.39 is 0 Å². The van der Waals surface area contributed by atoms with E-state index >= 15 is 0 Å². The standard InChI is InChI=1S/C9H13BrO2/c1-11-6-7-12-9-5-3-2-4-8(9)10/h4-5H,2-3,6-7H2,1H3. The Bertz CT molecular complexity index is 197. The van der Waals surface area contributed by atoms with Crippen LogP contribution in [-0.4, -0.2) is 20.3 Å². The Hall–Kier alpha value is -0.280. The van der Waals surface area contributed by atoms with Crippen molar-refractivity contribution in [3.63, 3.8) is 0 Å². The summed E-state index contributed by atoms with van der Waals surface area (Å²) in [5, 5.41) is 0. The van der Waals surface area contributed by atoms with E-state index in [1.165, 1.54) is 0 Å². The summed E-state index contributed by atoms with van der Waals surface area (Å²) in [6.07, 6.45) is 6.39. The molecule has 0 saturated carbocycles. The topological polar surface area (TPSA) is 18.5 Å². The zero-order chi connectivity index (χ0) is 8.81. The highest BCUT2D eigenvalue weighted by Crippen LogP contribution is 2.24. The van der Waals surface area contributed by atoms with E-state index in [0.29, 0.717) is 13.2 Å². The van der Waals surface area contributed by atoms with Gasteiger partial charge >= 0.3 is 0 Å². The average Bonchev–Trinajstić information content (AvgIpc) is 2.09. The highest BCUT2D eigenvalue weighted by atomic mass is 79.9. The lowest BCUT2D eigenvalue weighted by Crippen LogP contribution is -2.03. The fraction of sp³-hybridized carbons (Fsp3) is 0.556. The van der Waals surface area contributed by atoms with E-state index in [1.54, 1.807) is 7.11 Å². The van der Waals surface area contributed by atoms with Crippen molar-refractivity contribution in [3.8, 4) is 0 Å². The third-order valence-corrected chi connectivity index (χ3v) is 2.31. The molecule has 0 unspecified atom stereocenters. The Morgan fingerprint density at radius 2 is 2.08 bits per heavy atom. The number of methoxy groups -OCH3 is 1. The molecule has 0 atom stereocenters. The van der Waals surface area contributed by atoms with Crippen LogP contribution in [0.2, 0.25) is 0 Å². The summed E-state index contributed by atoms with van der Waals surface area (Å²) in [6, 6.07) is 0. The first-order valence-corrected chi connectivity index (χ1v) is 4.82. The first-order valence-electron chi connectivity index (χ1n) is 4.02. The Kier molecular flexibility index (Phi) is 4.40. The van der Waals surface area contributed by atoms with Crippen molar-refractivity contribution in [1.82, 2.24) is 0 Å². The number of halogens is 1. The van der Waals surface area contributed by atoms with Crippen LogP contribution in [0.25, 0.3) is 0 Å². The van der Waals surface area contributed by atoms with Crippen LogP contribution < -0.4 is 0 Å². The molecule has 3 heteroatoms. The molecule has 0 aromatic carbocycles. The van der Waals surface area contributed by atoms with Gasteiger partial charge in [0.15, 0.2) is 0 Å². The van der Waals surface area contributed by atoms with E-state index in [9.17, 15) is 0 Å². The number of ether oxygens (including phenoxy) is 2. The second-order valence-electron chi connectivity index (χ2n) is 2.54. The first-order chi connectivity index (χ1) is 5.84. The molecule has 0 saturated heterocycles. The third-order valence-electron chi connectivity index (χ3n) is 1.60. The molecule has 0 heterocycles. The Balaban J connectivity index is 2.31. The van der Waals surface area contributed by atoms with Gasteiger partial charge in [-0.25, -0.2) is 0 Å². The molecule has 1 aliphatic rings. The molecule has 68 valence electrons. The zero-order valence-corrected chi connectivity index (χ0v) is 8.76. The van der Waals surface area contributed by atoms with Gasteiger partial charge in [-0.1, -0.05) is 6.08 Å². The van der Waals surface area contributed by atoms with E-state index in [-0.39, 0.29) is 0 Å². The maximum Gasteiger partial charge on any atom is 0.129 e. The van der Waals surface area contributed by atoms with Gasteiger partial charge in [-0.3, -0.25) is 0 Å². The molecule has 0 N–H and O–H groups in total. The summed E-state index contributed by atoms with van der Waals surface area (Å²) in [5.74, 6) is 0.943. The lowest BCUT2D eigenvalue weighted by Gasteiger charge is -2.12. The summed E-state index contributed by atoms with van der Waals surface area (Å²) in [4.78, 5) is 0. The highest BCUT2D eigenvalue weighted by molar-refractivity contribution is 9.11. The lowest BCUT2D eigenvalue weighted by atomic mass is 10.2. The first kappa shape index (κ1) is 9.81. The molecule has 12 heavy (non-hydrogen) atoms. The number of rotatable bonds is 4. The van der Waals surface area contributed by atoms with Crippen LogP contribution >= 0.6 is 15.9 Å². The maximum atomic E-state index is 5.46. The fourth-order valence-electron chi connectivity index (χ4n) is 0.985. The number of hydrogen-bond donors (Lipinski definition) is 0. The largest absolute Gasteiger partial charge is 0.490 e. The average molecular weight is 233 g/mol. The van der Waals surface area contributed by atoms with Crippen molar-refractivity contribution >= 4 is 15.9 Å². The van der Waals surface area contributed by atoms with Crippen molar-refractivity contribution in [2.24, 2.45) is 0 Å². The van der Waals surface area contributed by atoms with Gasteiger partial charge < -0.3 is 9.47 Å². The predicted octanol–water partition coefficient (Wildman–Crippen LogP) is 2.61. The normalized spacial score (nSPS) is 16.8. The van der Waals surface area contributed by atoms with Gasteiger partial charge in [0.1, 0.15) is 12.4 Å². The molecule has 0 spiro atoms. The molecule has 0 bridgehead atoms. The van der Waals surface area contributed by atoms with Gasteiger partial charge in [0.2, 0.25) is 0 Å². The van der Waals surface area contributed by atoms with Crippen LogP contribution in [0, 0.1) is 0 Å². The predicted molar refractivity (Wildman–Crippen MR) is 52.2 cm³/mol. The van der Waals surface area contributed by atoms with E-state index in [1.807, 2.05) is 0 Å². The summed E-state index contributed by atoms with van der Waals surface area (Å²) in [7, 11) is 1.67. The molecule has 0 aromatic heterocycles. The minimum atomic E-state index is 0.616. The van der Waals surface area contributed by atoms with Gasteiger partial charge in [-0.2, -0.15) is 0 Å². The minimum Gasteiger partial charge on any atom is -0.490 e. The van der Waals surface area contributed by atoms with Gasteiger partial charge in [-0.15, -0.1) is 0 Å². The van der Waals surface area contributed by atoms with Crippen LogP contribution in [0.1, 0.15) is 12.8 Å². The maximum absolute atomic E-state index is 5.46. The third kappa shape index (κ3) is 2.99. The second-order valence-corrected chi connectivity index (χ2v) is 3.39. The molecule has 0 radical (unpaired) electrons. The van der Waals surface area contributed by atoms with Crippen molar-refractivity contribution in [2.45, 2.75) is 12.8 Å². The Morgan fingerprint density at radius 3 is 2.75 bits per heavy atom. The molecule has 1 rings (SSSR count). The molecular formula is C9H13BrO2. The molecule has 0 fully saturated rings. The quantitative estimate of drug-likeness (QED) is 0.695. The molecule has 0 aliphatic heterocycles. The van der Waals surface area contributed by atoms with Crippen molar-refractivity contribution in [3.05, 3.63) is 22.4 Å². The summed E-state index contributed by atoms with van der Waals surface area (Å²) in [5.41, 5.74) is 0. The second kappa shape index (κ2) is 5.38. The van der Waals surface area contributed by atoms with Crippen molar-refractivity contribution < 1.29 is 9.47 Å². The molecular weight excluding hydrogens is 220 g/mol. The van der Waals surface area contributed by atoms with Gasteiger partial charge in [0, 0.05) is 7.11 Å². The Morgan fingerprint density at radius 1 is 1.33 bits per heavy atom. The Labute approximate surface area is 81.4 Å². The monoisotopic (exact) mass is 232 g/mol. The fourth-order valence-corrected chi connectivity index (χ4v) is 1.49. The summed E-state index contributed by atoms with van der Waals surface area (Å²) < 4.78 is 11.4. The summed E-state index contributed by atoms with van der Waals surface area (Å²) in [6.45, 7) is 1.25. The van der Waals surface area contributed by atoms with Crippen LogP contribution in [-0.2, 0) is 9.47 Å². The van der Waals surface area contributed by atoms with Gasteiger partial charge in [-0.05, 0) is 34.8 Å². The number of allylic oxidation sites excluding steroid dienone is 3. The van der Waals surface area contributed by atoms with E-state index in [4.69, 9.17) is 9.47 Å². The van der Waals surface area contributed by atoms with Gasteiger partial charge in [0.05, 0.1) is 11.1 Å². The lowest BCUT2D eigenvalue weighted by molar-refractivity contribution is 0.113. The number of hydrogen-bond acceptors (Lipinski definition) is 2. The summed E-state index contributed by atoms with van der Waals surface area (Å²) >= 11 is 3.43.